The van der Waals surface area contributed by atoms with Crippen LogP contribution in [0.25, 0.3) is 11.0 Å². The van der Waals surface area contributed by atoms with Crippen molar-refractivity contribution in [1.82, 2.24) is 0 Å². The lowest BCUT2D eigenvalue weighted by atomic mass is 9.35. The van der Waals surface area contributed by atoms with Crippen LogP contribution in [-0.4, -0.2) is 6.71 Å². The lowest BCUT2D eigenvalue weighted by Crippen LogP contribution is -2.61. The van der Waals surface area contributed by atoms with Gasteiger partial charge in [0.15, 0.2) is 0 Å². The molecule has 0 saturated carbocycles. The van der Waals surface area contributed by atoms with Crippen molar-refractivity contribution >= 4 is 68.4 Å². The minimum absolute atomic E-state index is 0.0651. The highest BCUT2D eigenvalue weighted by Gasteiger charge is 2.50. The van der Waals surface area contributed by atoms with Crippen molar-refractivity contribution in [3.63, 3.8) is 0 Å². The molecule has 2 aliphatic carbocycles. The zero-order chi connectivity index (χ0) is 39.3. The quantitative estimate of drug-likeness (QED) is 0.168. The van der Waals surface area contributed by atoms with Crippen molar-refractivity contribution in [3.05, 3.63) is 124 Å². The van der Waals surface area contributed by atoms with Crippen molar-refractivity contribution in [2.45, 2.75) is 129 Å². The Kier molecular flexibility index (Phi) is 7.45. The van der Waals surface area contributed by atoms with Crippen LogP contribution in [0.3, 0.4) is 0 Å². The molecule has 1 aromatic heterocycles. The van der Waals surface area contributed by atoms with E-state index < -0.39 is 0 Å². The molecule has 0 unspecified atom stereocenters. The molecule has 0 spiro atoms. The van der Waals surface area contributed by atoms with Crippen molar-refractivity contribution in [2.24, 2.45) is 0 Å². The molecule has 0 radical (unpaired) electrons. The molecule has 0 bridgehead atoms. The molecule has 4 aliphatic rings. The maximum absolute atomic E-state index is 7.50. The summed E-state index contributed by atoms with van der Waals surface area (Å²) in [4.78, 5) is 5.17. The number of aryl methyl sites for hydroxylation is 1. The Hall–Kier alpha value is -4.70. The van der Waals surface area contributed by atoms with Crippen LogP contribution in [0.15, 0.2) is 95.4 Å². The average Bonchev–Trinajstić information content (AvgIpc) is 3.53. The van der Waals surface area contributed by atoms with Gasteiger partial charge in [0.25, 0.3) is 6.71 Å². The number of hydrogen-bond donors (Lipinski definition) is 0. The van der Waals surface area contributed by atoms with E-state index in [-0.39, 0.29) is 28.4 Å². The molecule has 3 nitrogen and oxygen atoms in total. The molecule has 5 aromatic carbocycles. The number of fused-ring (bicyclic) bond motifs is 8. The standard InChI is InChI=1S/C52H57BN2O/c1-31(2)33-25-43-46-44(26-33)55(41-20-16-15-17-32(41)3)42-29-38-37(50(6,7)22-23-51(38,8)9)28-40(42)53(46)48-47(54(43)34-18-13-12-14-19-34)35-27-36-39(30-45(35)56-48)52(10,11)24-21-49(36,4)5/h12-20,25-31H,21-24H2,1-11H3. The molecule has 4 heteroatoms. The van der Waals surface area contributed by atoms with Gasteiger partial charge in [0.2, 0.25) is 0 Å². The number of hydrogen-bond acceptors (Lipinski definition) is 3. The zero-order valence-electron chi connectivity index (χ0n) is 35.4. The Labute approximate surface area is 335 Å². The van der Waals surface area contributed by atoms with Crippen LogP contribution in [-0.2, 0) is 21.7 Å². The number of benzene rings is 5. The third-order valence-corrected chi connectivity index (χ3v) is 14.7. The maximum Gasteiger partial charge on any atom is 0.297 e. The van der Waals surface area contributed by atoms with Crippen LogP contribution < -0.4 is 26.4 Å². The molecule has 2 aliphatic heterocycles. The fourth-order valence-corrected chi connectivity index (χ4v) is 10.9. The van der Waals surface area contributed by atoms with Crippen LogP contribution in [0.4, 0.5) is 34.1 Å². The predicted octanol–water partition coefficient (Wildman–Crippen LogP) is 12.6. The van der Waals surface area contributed by atoms with Gasteiger partial charge >= 0.3 is 0 Å². The van der Waals surface area contributed by atoms with E-state index in [9.17, 15) is 0 Å². The van der Waals surface area contributed by atoms with Gasteiger partial charge < -0.3 is 14.2 Å². The fraction of sp³-hybridized carbons (Fsp3) is 0.385. The second-order valence-corrected chi connectivity index (χ2v) is 20.6. The smallest absolute Gasteiger partial charge is 0.297 e. The summed E-state index contributed by atoms with van der Waals surface area (Å²) >= 11 is 0. The second-order valence-electron chi connectivity index (χ2n) is 20.6. The van der Waals surface area contributed by atoms with Gasteiger partial charge in [0.05, 0.1) is 11.3 Å². The maximum atomic E-state index is 7.50. The summed E-state index contributed by atoms with van der Waals surface area (Å²) in [5.74, 6) is 0.341. The summed E-state index contributed by atoms with van der Waals surface area (Å²) in [6, 6.07) is 35.2. The zero-order valence-corrected chi connectivity index (χ0v) is 35.4. The Morgan fingerprint density at radius 3 is 1.71 bits per heavy atom. The van der Waals surface area contributed by atoms with Crippen LogP contribution >= 0.6 is 0 Å². The van der Waals surface area contributed by atoms with Gasteiger partial charge in [-0.3, -0.25) is 0 Å². The number of nitrogens with zero attached hydrogens (tertiary/aromatic N) is 2. The van der Waals surface area contributed by atoms with Crippen LogP contribution in [0.1, 0.15) is 134 Å². The van der Waals surface area contributed by atoms with Gasteiger partial charge in [-0.25, -0.2) is 0 Å². The van der Waals surface area contributed by atoms with Gasteiger partial charge in [0, 0.05) is 33.8 Å². The lowest BCUT2D eigenvalue weighted by Gasteiger charge is -2.47. The molecule has 3 heterocycles. The molecule has 0 atom stereocenters. The van der Waals surface area contributed by atoms with Gasteiger partial charge in [-0.2, -0.15) is 0 Å². The first kappa shape index (κ1) is 35.7. The Morgan fingerprint density at radius 1 is 0.571 bits per heavy atom. The Bertz CT molecular complexity index is 2600. The normalized spacial score (nSPS) is 19.3. The molecule has 6 aromatic rings. The monoisotopic (exact) mass is 736 g/mol. The molecule has 0 saturated heterocycles. The minimum Gasteiger partial charge on any atom is -0.468 e. The molecule has 284 valence electrons. The van der Waals surface area contributed by atoms with Gasteiger partial charge in [0.1, 0.15) is 5.58 Å². The fourth-order valence-electron chi connectivity index (χ4n) is 10.9. The van der Waals surface area contributed by atoms with Gasteiger partial charge in [-0.1, -0.05) is 112 Å². The van der Waals surface area contributed by atoms with E-state index in [1.807, 2.05) is 0 Å². The summed E-state index contributed by atoms with van der Waals surface area (Å²) < 4.78 is 7.50. The van der Waals surface area contributed by atoms with E-state index in [0.717, 1.165) is 16.9 Å². The molecule has 0 amide bonds. The minimum atomic E-state index is -0.0666. The summed E-state index contributed by atoms with van der Waals surface area (Å²) in [6.45, 7) is 26.4. The lowest BCUT2D eigenvalue weighted by molar-refractivity contribution is 0.332. The first-order valence-corrected chi connectivity index (χ1v) is 21.2. The number of para-hydroxylation sites is 2. The van der Waals surface area contributed by atoms with Crippen molar-refractivity contribution < 1.29 is 4.42 Å². The van der Waals surface area contributed by atoms with Crippen molar-refractivity contribution in [2.75, 3.05) is 9.80 Å². The van der Waals surface area contributed by atoms with Crippen molar-refractivity contribution in [3.8, 4) is 0 Å². The molecule has 10 rings (SSSR count). The van der Waals surface area contributed by atoms with E-state index in [0.29, 0.717) is 5.92 Å². The van der Waals surface area contributed by atoms with E-state index >= 15 is 0 Å². The van der Waals surface area contributed by atoms with Crippen LogP contribution in [0.5, 0.6) is 0 Å². The molecule has 0 fully saturated rings. The SMILES string of the molecule is Cc1ccccc1N1c2cc3c(cc2B2c4oc5cc6c(cc5c4N(c4ccccc4)c4cc(C(C)C)cc1c42)C(C)(C)CCC6(C)C)C(C)(C)CCC3(C)C. The largest absolute Gasteiger partial charge is 0.468 e. The molecular formula is C52H57BN2O. The van der Waals surface area contributed by atoms with Crippen molar-refractivity contribution in [1.29, 1.82) is 0 Å². The highest BCUT2D eigenvalue weighted by Crippen LogP contribution is 2.53. The summed E-state index contributed by atoms with van der Waals surface area (Å²) in [6.07, 6.45) is 4.69. The van der Waals surface area contributed by atoms with Gasteiger partial charge in [-0.15, -0.1) is 0 Å². The number of furan rings is 1. The van der Waals surface area contributed by atoms with Crippen LogP contribution in [0.2, 0.25) is 0 Å². The average molecular weight is 737 g/mol. The number of anilines is 6. The highest BCUT2D eigenvalue weighted by molar-refractivity contribution is 7.00. The van der Waals surface area contributed by atoms with E-state index in [4.69, 9.17) is 4.42 Å². The summed E-state index contributed by atoms with van der Waals surface area (Å²) in [5, 5.41) is 1.22. The topological polar surface area (TPSA) is 19.6 Å². The van der Waals surface area contributed by atoms with E-state index in [1.54, 1.807) is 0 Å². The van der Waals surface area contributed by atoms with Crippen LogP contribution in [0, 0.1) is 6.92 Å². The molecule has 0 N–H and O–H groups in total. The summed E-state index contributed by atoms with van der Waals surface area (Å²) in [5.41, 5.74) is 20.9. The first-order valence-electron chi connectivity index (χ1n) is 21.2. The van der Waals surface area contributed by atoms with E-state index in [2.05, 4.69) is 177 Å². The predicted molar refractivity (Wildman–Crippen MR) is 240 cm³/mol. The van der Waals surface area contributed by atoms with Gasteiger partial charge in [-0.05, 0) is 153 Å². The second kappa shape index (κ2) is 11.7. The first-order chi connectivity index (χ1) is 26.5. The molecular weight excluding hydrogens is 679 g/mol. The summed E-state index contributed by atoms with van der Waals surface area (Å²) in [7, 11) is 0. The molecule has 56 heavy (non-hydrogen) atoms. The Morgan fingerprint density at radius 2 is 1.11 bits per heavy atom. The Balaban J connectivity index is 1.38. The van der Waals surface area contributed by atoms with E-state index in [1.165, 1.54) is 104 Å². The third-order valence-electron chi connectivity index (χ3n) is 14.7. The third kappa shape index (κ3) is 4.96. The highest BCUT2D eigenvalue weighted by atomic mass is 16.3. The number of rotatable bonds is 3.